The molecule has 2 rings (SSSR count). The average molecular weight is 207 g/mol. The lowest BCUT2D eigenvalue weighted by Crippen LogP contribution is -2.42. The fourth-order valence-corrected chi connectivity index (χ4v) is 2.64. The molecule has 2 unspecified atom stereocenters. The molecule has 84 valence electrons. The smallest absolute Gasteiger partial charge is 0.0677 e. The zero-order valence-electron chi connectivity index (χ0n) is 9.90. The maximum Gasteiger partial charge on any atom is 0.0677 e. The Kier molecular flexibility index (Phi) is 2.83. The van der Waals surface area contributed by atoms with Crippen LogP contribution in [0.2, 0.25) is 0 Å². The van der Waals surface area contributed by atoms with Crippen LogP contribution in [0.4, 0.5) is 0 Å². The van der Waals surface area contributed by atoms with Gasteiger partial charge in [0.15, 0.2) is 0 Å². The second-order valence-electron chi connectivity index (χ2n) is 5.36. The third-order valence-electron chi connectivity index (χ3n) is 3.59. The van der Waals surface area contributed by atoms with Gasteiger partial charge >= 0.3 is 0 Å². The summed E-state index contributed by atoms with van der Waals surface area (Å²) in [6.07, 6.45) is 7.70. The van der Waals surface area contributed by atoms with E-state index in [0.29, 0.717) is 17.5 Å². The monoisotopic (exact) mass is 207 g/mol. The highest BCUT2D eigenvalue weighted by atomic mass is 15.3. The van der Waals surface area contributed by atoms with Crippen molar-refractivity contribution in [2.75, 3.05) is 7.05 Å². The van der Waals surface area contributed by atoms with Crippen molar-refractivity contribution >= 4 is 0 Å². The SMILES string of the molecule is CNC1CCC(C)(C)CC1n1cccn1. The van der Waals surface area contributed by atoms with Crippen LogP contribution in [0.15, 0.2) is 18.5 Å². The second kappa shape index (κ2) is 3.97. The van der Waals surface area contributed by atoms with Crippen LogP contribution in [0.5, 0.6) is 0 Å². The normalized spacial score (nSPS) is 30.3. The van der Waals surface area contributed by atoms with E-state index < -0.39 is 0 Å². The van der Waals surface area contributed by atoms with Gasteiger partial charge in [-0.1, -0.05) is 13.8 Å². The van der Waals surface area contributed by atoms with E-state index in [1.165, 1.54) is 19.3 Å². The van der Waals surface area contributed by atoms with E-state index in [-0.39, 0.29) is 0 Å². The Bertz CT molecular complexity index is 303. The third kappa shape index (κ3) is 2.23. The molecule has 1 aliphatic rings. The van der Waals surface area contributed by atoms with E-state index in [2.05, 4.69) is 42.2 Å². The molecule has 0 aromatic carbocycles. The Morgan fingerprint density at radius 1 is 1.47 bits per heavy atom. The van der Waals surface area contributed by atoms with Crippen LogP contribution in [-0.2, 0) is 0 Å². The van der Waals surface area contributed by atoms with Crippen molar-refractivity contribution in [3.63, 3.8) is 0 Å². The highest BCUT2D eigenvalue weighted by molar-refractivity contribution is 4.93. The number of hydrogen-bond donors (Lipinski definition) is 1. The van der Waals surface area contributed by atoms with Crippen LogP contribution >= 0.6 is 0 Å². The molecule has 1 aromatic rings. The van der Waals surface area contributed by atoms with Crippen LogP contribution in [0.25, 0.3) is 0 Å². The molecule has 1 saturated carbocycles. The predicted molar refractivity (Wildman–Crippen MR) is 61.7 cm³/mol. The number of rotatable bonds is 2. The molecule has 0 amide bonds. The number of nitrogens with one attached hydrogen (secondary N) is 1. The lowest BCUT2D eigenvalue weighted by atomic mass is 9.73. The van der Waals surface area contributed by atoms with Gasteiger partial charge in [0.25, 0.3) is 0 Å². The van der Waals surface area contributed by atoms with Gasteiger partial charge in [-0.05, 0) is 37.8 Å². The number of likely N-dealkylation sites (N-methyl/N-ethyl adjacent to an activating group) is 1. The van der Waals surface area contributed by atoms with Gasteiger partial charge in [-0.2, -0.15) is 5.10 Å². The van der Waals surface area contributed by atoms with E-state index in [1.54, 1.807) is 0 Å². The highest BCUT2D eigenvalue weighted by Gasteiger charge is 2.35. The third-order valence-corrected chi connectivity index (χ3v) is 3.59. The van der Waals surface area contributed by atoms with Gasteiger partial charge in [0.1, 0.15) is 0 Å². The van der Waals surface area contributed by atoms with Gasteiger partial charge in [-0.3, -0.25) is 4.68 Å². The van der Waals surface area contributed by atoms with Crippen molar-refractivity contribution in [1.82, 2.24) is 15.1 Å². The van der Waals surface area contributed by atoms with Crippen LogP contribution in [0, 0.1) is 5.41 Å². The van der Waals surface area contributed by atoms with Gasteiger partial charge in [0, 0.05) is 18.4 Å². The topological polar surface area (TPSA) is 29.9 Å². The first-order chi connectivity index (χ1) is 7.12. The largest absolute Gasteiger partial charge is 0.315 e. The van der Waals surface area contributed by atoms with Crippen molar-refractivity contribution in [3.8, 4) is 0 Å². The molecule has 3 nitrogen and oxygen atoms in total. The molecule has 0 saturated heterocycles. The summed E-state index contributed by atoms with van der Waals surface area (Å²) in [5.41, 5.74) is 0.448. The van der Waals surface area contributed by atoms with Gasteiger partial charge in [0.2, 0.25) is 0 Å². The summed E-state index contributed by atoms with van der Waals surface area (Å²) in [5.74, 6) is 0. The zero-order chi connectivity index (χ0) is 10.9. The summed E-state index contributed by atoms with van der Waals surface area (Å²) in [5, 5.41) is 7.80. The first kappa shape index (κ1) is 10.7. The molecule has 3 heteroatoms. The maximum absolute atomic E-state index is 4.38. The highest BCUT2D eigenvalue weighted by Crippen LogP contribution is 2.40. The Hall–Kier alpha value is -0.830. The van der Waals surface area contributed by atoms with Crippen molar-refractivity contribution in [3.05, 3.63) is 18.5 Å². The molecular weight excluding hydrogens is 186 g/mol. The fourth-order valence-electron chi connectivity index (χ4n) is 2.64. The quantitative estimate of drug-likeness (QED) is 0.806. The summed E-state index contributed by atoms with van der Waals surface area (Å²) < 4.78 is 2.11. The molecule has 1 heterocycles. The van der Waals surface area contributed by atoms with Gasteiger partial charge in [-0.15, -0.1) is 0 Å². The Balaban J connectivity index is 2.18. The van der Waals surface area contributed by atoms with Crippen molar-refractivity contribution in [1.29, 1.82) is 0 Å². The van der Waals surface area contributed by atoms with Crippen LogP contribution < -0.4 is 5.32 Å². The summed E-state index contributed by atoms with van der Waals surface area (Å²) in [6, 6.07) is 3.08. The number of nitrogens with zero attached hydrogens (tertiary/aromatic N) is 2. The van der Waals surface area contributed by atoms with Gasteiger partial charge < -0.3 is 5.32 Å². The molecule has 0 bridgehead atoms. The van der Waals surface area contributed by atoms with Gasteiger partial charge in [-0.25, -0.2) is 0 Å². The fraction of sp³-hybridized carbons (Fsp3) is 0.750. The van der Waals surface area contributed by atoms with E-state index in [4.69, 9.17) is 0 Å². The predicted octanol–water partition coefficient (Wildman–Crippen LogP) is 2.22. The molecule has 1 N–H and O–H groups in total. The molecule has 0 radical (unpaired) electrons. The summed E-state index contributed by atoms with van der Waals surface area (Å²) in [7, 11) is 2.06. The summed E-state index contributed by atoms with van der Waals surface area (Å²) in [4.78, 5) is 0. The van der Waals surface area contributed by atoms with Crippen molar-refractivity contribution in [2.24, 2.45) is 5.41 Å². The molecular formula is C12H21N3. The van der Waals surface area contributed by atoms with E-state index in [1.807, 2.05) is 12.3 Å². The van der Waals surface area contributed by atoms with Gasteiger partial charge in [0.05, 0.1) is 6.04 Å². The second-order valence-corrected chi connectivity index (χ2v) is 5.36. The summed E-state index contributed by atoms with van der Waals surface area (Å²) in [6.45, 7) is 4.71. The molecule has 1 fully saturated rings. The molecule has 1 aromatic heterocycles. The molecule has 15 heavy (non-hydrogen) atoms. The van der Waals surface area contributed by atoms with E-state index in [9.17, 15) is 0 Å². The van der Waals surface area contributed by atoms with Crippen molar-refractivity contribution in [2.45, 2.75) is 45.2 Å². The molecule has 0 spiro atoms. The summed E-state index contributed by atoms with van der Waals surface area (Å²) >= 11 is 0. The Morgan fingerprint density at radius 2 is 2.27 bits per heavy atom. The van der Waals surface area contributed by atoms with E-state index in [0.717, 1.165) is 0 Å². The van der Waals surface area contributed by atoms with Crippen LogP contribution in [0.1, 0.15) is 39.2 Å². The van der Waals surface area contributed by atoms with E-state index >= 15 is 0 Å². The molecule has 0 aliphatic heterocycles. The Morgan fingerprint density at radius 3 is 2.87 bits per heavy atom. The molecule has 1 aliphatic carbocycles. The van der Waals surface area contributed by atoms with Crippen LogP contribution in [-0.4, -0.2) is 22.9 Å². The standard InChI is InChI=1S/C12H21N3/c1-12(2)6-5-10(13-3)11(9-12)15-8-4-7-14-15/h4,7-8,10-11,13H,5-6,9H2,1-3H3. The zero-order valence-corrected chi connectivity index (χ0v) is 9.90. The van der Waals surface area contributed by atoms with Crippen molar-refractivity contribution < 1.29 is 0 Å². The number of aromatic nitrogens is 2. The first-order valence-corrected chi connectivity index (χ1v) is 5.79. The van der Waals surface area contributed by atoms with Crippen LogP contribution in [0.3, 0.4) is 0 Å². The maximum atomic E-state index is 4.38. The molecule has 2 atom stereocenters. The Labute approximate surface area is 91.9 Å². The minimum Gasteiger partial charge on any atom is -0.315 e. The number of hydrogen-bond acceptors (Lipinski definition) is 2. The first-order valence-electron chi connectivity index (χ1n) is 5.79. The average Bonchev–Trinajstić information content (AvgIpc) is 2.69. The minimum atomic E-state index is 0.448. The minimum absolute atomic E-state index is 0.448. The lowest BCUT2D eigenvalue weighted by molar-refractivity contribution is 0.138. The lowest BCUT2D eigenvalue weighted by Gasteiger charge is -2.40.